The molecule has 4 nitrogen and oxygen atoms in total. The Bertz CT molecular complexity index is 782. The second-order valence-corrected chi connectivity index (χ2v) is 5.90. The van der Waals surface area contributed by atoms with Gasteiger partial charge < -0.3 is 9.88 Å². The van der Waals surface area contributed by atoms with Gasteiger partial charge in [0.1, 0.15) is 11.6 Å². The Morgan fingerprint density at radius 1 is 1.41 bits per heavy atom. The van der Waals surface area contributed by atoms with Gasteiger partial charge in [0, 0.05) is 19.5 Å². The highest BCUT2D eigenvalue weighted by Crippen LogP contribution is 2.15. The van der Waals surface area contributed by atoms with Crippen LogP contribution in [0, 0.1) is 5.82 Å². The van der Waals surface area contributed by atoms with Crippen LogP contribution in [0.2, 0.25) is 0 Å². The Kier molecular flexibility index (Phi) is 4.20. The van der Waals surface area contributed by atoms with E-state index in [0.717, 1.165) is 16.2 Å². The fourth-order valence-corrected chi connectivity index (χ4v) is 3.04. The normalized spacial score (nSPS) is 11.0. The van der Waals surface area contributed by atoms with E-state index in [-0.39, 0.29) is 11.7 Å². The van der Waals surface area contributed by atoms with Crippen LogP contribution in [-0.4, -0.2) is 33.9 Å². The quantitative estimate of drug-likeness (QED) is 0.783. The molecule has 1 N–H and O–H groups in total. The lowest BCUT2D eigenvalue weighted by Gasteiger charge is -2.19. The molecule has 0 unspecified atom stereocenters. The number of rotatable bonds is 5. The van der Waals surface area contributed by atoms with Crippen molar-refractivity contribution in [1.82, 2.24) is 14.9 Å². The SMILES string of the molecule is CCN(CCc1nc2ccc(F)cc2[nH]1)C(=O)c1cccs1. The summed E-state index contributed by atoms with van der Waals surface area (Å²) in [5, 5.41) is 1.90. The molecule has 1 aromatic carbocycles. The number of aromatic nitrogens is 2. The fraction of sp³-hybridized carbons (Fsp3) is 0.250. The van der Waals surface area contributed by atoms with Crippen molar-refractivity contribution in [2.45, 2.75) is 13.3 Å². The second-order valence-electron chi connectivity index (χ2n) is 4.96. The van der Waals surface area contributed by atoms with Crippen molar-refractivity contribution in [2.75, 3.05) is 13.1 Å². The zero-order chi connectivity index (χ0) is 15.5. The summed E-state index contributed by atoms with van der Waals surface area (Å²) >= 11 is 1.45. The van der Waals surface area contributed by atoms with E-state index in [1.54, 1.807) is 11.0 Å². The summed E-state index contributed by atoms with van der Waals surface area (Å²) in [5.41, 5.74) is 1.42. The van der Waals surface area contributed by atoms with Gasteiger partial charge in [0.25, 0.3) is 5.91 Å². The molecule has 0 aliphatic rings. The van der Waals surface area contributed by atoms with Gasteiger partial charge in [-0.2, -0.15) is 0 Å². The number of aromatic amines is 1. The number of halogens is 1. The molecule has 22 heavy (non-hydrogen) atoms. The largest absolute Gasteiger partial charge is 0.342 e. The monoisotopic (exact) mass is 317 g/mol. The summed E-state index contributed by atoms with van der Waals surface area (Å²) in [5.74, 6) is 0.517. The Labute approximate surface area is 131 Å². The van der Waals surface area contributed by atoms with E-state index in [0.29, 0.717) is 25.0 Å². The highest BCUT2D eigenvalue weighted by molar-refractivity contribution is 7.12. The van der Waals surface area contributed by atoms with Gasteiger partial charge in [-0.15, -0.1) is 11.3 Å². The summed E-state index contributed by atoms with van der Waals surface area (Å²) in [6, 6.07) is 8.18. The van der Waals surface area contributed by atoms with Crippen LogP contribution in [0.5, 0.6) is 0 Å². The van der Waals surface area contributed by atoms with Gasteiger partial charge in [-0.05, 0) is 36.6 Å². The van der Waals surface area contributed by atoms with E-state index in [1.165, 1.54) is 23.5 Å². The molecule has 0 bridgehead atoms. The second kappa shape index (κ2) is 6.27. The number of benzene rings is 1. The lowest BCUT2D eigenvalue weighted by molar-refractivity contribution is 0.0770. The zero-order valence-corrected chi connectivity index (χ0v) is 13.0. The Morgan fingerprint density at radius 3 is 3.00 bits per heavy atom. The molecular formula is C16H16FN3OS. The molecule has 0 saturated heterocycles. The first kappa shape index (κ1) is 14.7. The summed E-state index contributed by atoms with van der Waals surface area (Å²) in [6.45, 7) is 3.18. The van der Waals surface area contributed by atoms with E-state index in [4.69, 9.17) is 0 Å². The summed E-state index contributed by atoms with van der Waals surface area (Å²) < 4.78 is 13.2. The van der Waals surface area contributed by atoms with Crippen molar-refractivity contribution in [2.24, 2.45) is 0 Å². The topological polar surface area (TPSA) is 49.0 Å². The molecule has 3 aromatic rings. The molecular weight excluding hydrogens is 301 g/mol. The molecule has 114 valence electrons. The number of fused-ring (bicyclic) bond motifs is 1. The van der Waals surface area contributed by atoms with Gasteiger partial charge in [-0.1, -0.05) is 6.07 Å². The molecule has 0 spiro atoms. The van der Waals surface area contributed by atoms with Gasteiger partial charge in [-0.25, -0.2) is 9.37 Å². The smallest absolute Gasteiger partial charge is 0.263 e. The maximum absolute atomic E-state index is 13.2. The average molecular weight is 317 g/mol. The number of carbonyl (C=O) groups excluding carboxylic acids is 1. The third-order valence-electron chi connectivity index (χ3n) is 3.51. The van der Waals surface area contributed by atoms with Gasteiger partial charge in [0.2, 0.25) is 0 Å². The van der Waals surface area contributed by atoms with Gasteiger partial charge in [0.15, 0.2) is 0 Å². The maximum atomic E-state index is 13.2. The van der Waals surface area contributed by atoms with Crippen LogP contribution in [0.25, 0.3) is 11.0 Å². The molecule has 0 aliphatic heterocycles. The number of likely N-dealkylation sites (N-methyl/N-ethyl adjacent to an activating group) is 1. The summed E-state index contributed by atoms with van der Waals surface area (Å²) in [4.78, 5) is 22.4. The number of carbonyl (C=O) groups is 1. The minimum atomic E-state index is -0.286. The first-order valence-corrected chi connectivity index (χ1v) is 8.02. The summed E-state index contributed by atoms with van der Waals surface area (Å²) in [6.07, 6.45) is 0.612. The number of hydrogen-bond donors (Lipinski definition) is 1. The first-order valence-electron chi connectivity index (χ1n) is 7.14. The molecule has 0 aliphatic carbocycles. The van der Waals surface area contributed by atoms with E-state index >= 15 is 0 Å². The third kappa shape index (κ3) is 3.01. The molecule has 0 fully saturated rings. The Balaban J connectivity index is 1.70. The van der Waals surface area contributed by atoms with Crippen LogP contribution in [0.4, 0.5) is 4.39 Å². The predicted octanol–water partition coefficient (Wildman–Crippen LogP) is 3.47. The van der Waals surface area contributed by atoms with Crippen LogP contribution in [0.15, 0.2) is 35.7 Å². The lowest BCUT2D eigenvalue weighted by Crippen LogP contribution is -2.32. The minimum absolute atomic E-state index is 0.0413. The van der Waals surface area contributed by atoms with Gasteiger partial charge >= 0.3 is 0 Å². The number of nitrogens with one attached hydrogen (secondary N) is 1. The first-order chi connectivity index (χ1) is 10.7. The number of amides is 1. The predicted molar refractivity (Wildman–Crippen MR) is 85.7 cm³/mol. The zero-order valence-electron chi connectivity index (χ0n) is 12.2. The van der Waals surface area contributed by atoms with Crippen molar-refractivity contribution in [3.8, 4) is 0 Å². The third-order valence-corrected chi connectivity index (χ3v) is 4.37. The van der Waals surface area contributed by atoms with E-state index < -0.39 is 0 Å². The van der Waals surface area contributed by atoms with Crippen LogP contribution in [0.3, 0.4) is 0 Å². The number of H-pyrrole nitrogens is 1. The van der Waals surface area contributed by atoms with Crippen LogP contribution < -0.4 is 0 Å². The molecule has 0 radical (unpaired) electrons. The number of thiophene rings is 1. The van der Waals surface area contributed by atoms with Crippen molar-refractivity contribution >= 4 is 28.3 Å². The van der Waals surface area contributed by atoms with Gasteiger partial charge in [0.05, 0.1) is 15.9 Å². The van der Waals surface area contributed by atoms with Crippen LogP contribution in [-0.2, 0) is 6.42 Å². The highest BCUT2D eigenvalue weighted by atomic mass is 32.1. The molecule has 0 atom stereocenters. The fourth-order valence-electron chi connectivity index (χ4n) is 2.35. The standard InChI is InChI=1S/C16H16FN3OS/c1-2-20(16(21)14-4-3-9-22-14)8-7-15-18-12-6-5-11(17)10-13(12)19-15/h3-6,9-10H,2,7-8H2,1H3,(H,18,19). The average Bonchev–Trinajstić information content (AvgIpc) is 3.16. The van der Waals surface area contributed by atoms with Gasteiger partial charge in [-0.3, -0.25) is 4.79 Å². The van der Waals surface area contributed by atoms with E-state index in [1.807, 2.05) is 24.4 Å². The maximum Gasteiger partial charge on any atom is 0.263 e. The van der Waals surface area contributed by atoms with Crippen LogP contribution in [0.1, 0.15) is 22.4 Å². The molecule has 2 heterocycles. The Morgan fingerprint density at radius 2 is 2.27 bits per heavy atom. The molecule has 1 amide bonds. The van der Waals surface area contributed by atoms with E-state index in [9.17, 15) is 9.18 Å². The van der Waals surface area contributed by atoms with Crippen LogP contribution >= 0.6 is 11.3 Å². The van der Waals surface area contributed by atoms with E-state index in [2.05, 4.69) is 9.97 Å². The molecule has 2 aromatic heterocycles. The van der Waals surface area contributed by atoms with Crippen molar-refractivity contribution in [3.05, 3.63) is 52.2 Å². The Hall–Kier alpha value is -2.21. The minimum Gasteiger partial charge on any atom is -0.342 e. The summed E-state index contributed by atoms with van der Waals surface area (Å²) in [7, 11) is 0. The molecule has 6 heteroatoms. The number of hydrogen-bond acceptors (Lipinski definition) is 3. The number of nitrogens with zero attached hydrogens (tertiary/aromatic N) is 2. The van der Waals surface area contributed by atoms with Crippen molar-refractivity contribution < 1.29 is 9.18 Å². The highest BCUT2D eigenvalue weighted by Gasteiger charge is 2.15. The molecule has 0 saturated carbocycles. The lowest BCUT2D eigenvalue weighted by atomic mass is 10.3. The van der Waals surface area contributed by atoms with Crippen molar-refractivity contribution in [1.29, 1.82) is 0 Å². The molecule has 3 rings (SSSR count). The van der Waals surface area contributed by atoms with Crippen molar-refractivity contribution in [3.63, 3.8) is 0 Å². The number of imidazole rings is 1.